The number of nitrogens with zero attached hydrogens (tertiary/aromatic N) is 1. The molecule has 0 atom stereocenters. The summed E-state index contributed by atoms with van der Waals surface area (Å²) in [5.41, 5.74) is -0.337. The van der Waals surface area contributed by atoms with Crippen LogP contribution in [-0.2, 0) is 6.18 Å². The van der Waals surface area contributed by atoms with E-state index in [1.54, 1.807) is 18.2 Å². The Balaban J connectivity index is 2.09. The Hall–Kier alpha value is -2.15. The lowest BCUT2D eigenvalue weighted by molar-refractivity contribution is -0.141. The number of aromatic nitrogens is 2. The van der Waals surface area contributed by atoms with Gasteiger partial charge in [0.2, 0.25) is 5.78 Å². The molecule has 1 aromatic carbocycles. The topological polar surface area (TPSA) is 45.8 Å². The molecule has 112 valence electrons. The zero-order chi connectivity index (χ0) is 15.9. The Labute approximate surface area is 131 Å². The number of H-pyrrole nitrogens is 1. The molecular weight excluding hydrogens is 361 g/mol. The van der Waals surface area contributed by atoms with Crippen molar-refractivity contribution < 1.29 is 18.0 Å². The highest BCUT2D eigenvalue weighted by molar-refractivity contribution is 9.10. The molecule has 0 radical (unpaired) electrons. The molecule has 7 heteroatoms. The Morgan fingerprint density at radius 3 is 2.59 bits per heavy atom. The van der Waals surface area contributed by atoms with Gasteiger partial charge in [0.25, 0.3) is 0 Å². The van der Waals surface area contributed by atoms with Gasteiger partial charge >= 0.3 is 6.18 Å². The maximum atomic E-state index is 12.7. The lowest BCUT2D eigenvalue weighted by atomic mass is 10.1. The number of alkyl halides is 3. The molecule has 0 saturated heterocycles. The molecule has 0 saturated carbocycles. The predicted molar refractivity (Wildman–Crippen MR) is 78.7 cm³/mol. The first-order valence-corrected chi connectivity index (χ1v) is 7.02. The van der Waals surface area contributed by atoms with Gasteiger partial charge in [0.05, 0.1) is 5.52 Å². The smallest absolute Gasteiger partial charge is 0.360 e. The zero-order valence-electron chi connectivity index (χ0n) is 10.9. The minimum Gasteiger partial charge on any atom is -0.360 e. The van der Waals surface area contributed by atoms with Gasteiger partial charge in [-0.05, 0) is 34.1 Å². The summed E-state index contributed by atoms with van der Waals surface area (Å²) in [4.78, 5) is 18.8. The molecule has 2 heterocycles. The van der Waals surface area contributed by atoms with E-state index >= 15 is 0 Å². The maximum absolute atomic E-state index is 12.7. The van der Waals surface area contributed by atoms with Gasteiger partial charge in [-0.3, -0.25) is 4.79 Å². The van der Waals surface area contributed by atoms with Crippen LogP contribution >= 0.6 is 15.9 Å². The van der Waals surface area contributed by atoms with E-state index in [9.17, 15) is 18.0 Å². The number of carbonyl (C=O) groups excluding carboxylic acids is 1. The Morgan fingerprint density at radius 1 is 1.14 bits per heavy atom. The molecule has 22 heavy (non-hydrogen) atoms. The number of carbonyl (C=O) groups is 1. The van der Waals surface area contributed by atoms with Crippen LogP contribution in [0.25, 0.3) is 10.9 Å². The summed E-state index contributed by atoms with van der Waals surface area (Å²) >= 11 is 3.35. The first-order valence-electron chi connectivity index (χ1n) is 6.22. The van der Waals surface area contributed by atoms with E-state index in [0.29, 0.717) is 10.9 Å². The summed E-state index contributed by atoms with van der Waals surface area (Å²) in [5, 5.41) is 0.624. The van der Waals surface area contributed by atoms with Gasteiger partial charge in [0.1, 0.15) is 11.4 Å². The largest absolute Gasteiger partial charge is 0.433 e. The van der Waals surface area contributed by atoms with Crippen LogP contribution in [0, 0.1) is 0 Å². The first kappa shape index (κ1) is 14.8. The van der Waals surface area contributed by atoms with Crippen LogP contribution in [0.5, 0.6) is 0 Å². The fraction of sp³-hybridized carbons (Fsp3) is 0.0667. The summed E-state index contributed by atoms with van der Waals surface area (Å²) < 4.78 is 38.8. The molecule has 0 aliphatic carbocycles. The molecule has 0 fully saturated rings. The van der Waals surface area contributed by atoms with Gasteiger partial charge in [-0.1, -0.05) is 18.2 Å². The normalized spacial score (nSPS) is 11.8. The summed E-state index contributed by atoms with van der Waals surface area (Å²) in [6, 6.07) is 8.55. The van der Waals surface area contributed by atoms with Crippen LogP contribution < -0.4 is 0 Å². The Kier molecular flexibility index (Phi) is 3.52. The standard InChI is InChI=1S/C15H8BrF3N2O/c16-10-4-1-3-8-9(7-20-13(8)10)14(22)11-5-2-6-12(21-11)15(17,18)19/h1-7,20H. The van der Waals surface area contributed by atoms with E-state index in [2.05, 4.69) is 25.9 Å². The number of ketones is 1. The van der Waals surface area contributed by atoms with Crippen LogP contribution in [-0.4, -0.2) is 15.8 Å². The molecule has 3 nitrogen and oxygen atoms in total. The molecular formula is C15H8BrF3N2O. The molecule has 0 aliphatic heterocycles. The summed E-state index contributed by atoms with van der Waals surface area (Å²) in [6.07, 6.45) is -3.11. The second-order valence-electron chi connectivity index (χ2n) is 4.60. The number of para-hydroxylation sites is 1. The number of fused-ring (bicyclic) bond motifs is 1. The minimum absolute atomic E-state index is 0.240. The van der Waals surface area contributed by atoms with Crippen LogP contribution in [0.15, 0.2) is 47.1 Å². The van der Waals surface area contributed by atoms with Crippen molar-refractivity contribution in [1.82, 2.24) is 9.97 Å². The quantitative estimate of drug-likeness (QED) is 0.673. The van der Waals surface area contributed by atoms with E-state index < -0.39 is 17.7 Å². The van der Waals surface area contributed by atoms with Gasteiger partial charge < -0.3 is 4.98 Å². The van der Waals surface area contributed by atoms with Crippen molar-refractivity contribution in [1.29, 1.82) is 0 Å². The Morgan fingerprint density at radius 2 is 1.86 bits per heavy atom. The van der Waals surface area contributed by atoms with Crippen molar-refractivity contribution in [3.05, 3.63) is 64.0 Å². The van der Waals surface area contributed by atoms with Crippen LogP contribution in [0.3, 0.4) is 0 Å². The van der Waals surface area contributed by atoms with Crippen molar-refractivity contribution in [3.8, 4) is 0 Å². The number of hydrogen-bond donors (Lipinski definition) is 1. The van der Waals surface area contributed by atoms with E-state index in [0.717, 1.165) is 10.5 Å². The minimum atomic E-state index is -4.58. The molecule has 0 aliphatic rings. The average molecular weight is 369 g/mol. The maximum Gasteiger partial charge on any atom is 0.433 e. The van der Waals surface area contributed by atoms with Gasteiger partial charge in [-0.25, -0.2) is 4.98 Å². The molecule has 0 bridgehead atoms. The monoisotopic (exact) mass is 368 g/mol. The second kappa shape index (κ2) is 5.24. The lowest BCUT2D eigenvalue weighted by Gasteiger charge is -2.06. The van der Waals surface area contributed by atoms with E-state index in [1.165, 1.54) is 18.3 Å². The van der Waals surface area contributed by atoms with E-state index in [1.807, 2.05) is 0 Å². The van der Waals surface area contributed by atoms with Gasteiger partial charge in [-0.15, -0.1) is 0 Å². The highest BCUT2D eigenvalue weighted by Gasteiger charge is 2.33. The third kappa shape index (κ3) is 2.52. The van der Waals surface area contributed by atoms with E-state index in [-0.39, 0.29) is 11.3 Å². The van der Waals surface area contributed by atoms with Crippen molar-refractivity contribution in [2.24, 2.45) is 0 Å². The number of halogens is 4. The molecule has 3 rings (SSSR count). The lowest BCUT2D eigenvalue weighted by Crippen LogP contribution is -2.12. The second-order valence-corrected chi connectivity index (χ2v) is 5.45. The summed E-state index contributed by atoms with van der Waals surface area (Å²) in [6.45, 7) is 0. The average Bonchev–Trinajstić information content (AvgIpc) is 2.91. The molecule has 1 N–H and O–H groups in total. The number of nitrogens with one attached hydrogen (secondary N) is 1. The van der Waals surface area contributed by atoms with Gasteiger partial charge in [-0.2, -0.15) is 13.2 Å². The number of benzene rings is 1. The number of pyridine rings is 1. The summed E-state index contributed by atoms with van der Waals surface area (Å²) in [5.74, 6) is -0.560. The molecule has 0 amide bonds. The van der Waals surface area contributed by atoms with Crippen LogP contribution in [0.2, 0.25) is 0 Å². The highest BCUT2D eigenvalue weighted by atomic mass is 79.9. The predicted octanol–water partition coefficient (Wildman–Crippen LogP) is 4.58. The molecule has 0 spiro atoms. The van der Waals surface area contributed by atoms with Crippen LogP contribution in [0.4, 0.5) is 13.2 Å². The third-order valence-electron chi connectivity index (χ3n) is 3.18. The first-order chi connectivity index (χ1) is 10.4. The molecule has 0 unspecified atom stereocenters. The molecule has 2 aromatic heterocycles. The van der Waals surface area contributed by atoms with Gasteiger partial charge in [0, 0.05) is 21.6 Å². The van der Waals surface area contributed by atoms with E-state index in [4.69, 9.17) is 0 Å². The highest BCUT2D eigenvalue weighted by Crippen LogP contribution is 2.29. The van der Waals surface area contributed by atoms with Crippen molar-refractivity contribution in [2.75, 3.05) is 0 Å². The number of rotatable bonds is 2. The van der Waals surface area contributed by atoms with Crippen molar-refractivity contribution in [3.63, 3.8) is 0 Å². The number of hydrogen-bond acceptors (Lipinski definition) is 2. The summed E-state index contributed by atoms with van der Waals surface area (Å²) in [7, 11) is 0. The third-order valence-corrected chi connectivity index (χ3v) is 3.84. The fourth-order valence-electron chi connectivity index (χ4n) is 2.16. The molecule has 3 aromatic rings. The Bertz CT molecular complexity index is 871. The SMILES string of the molecule is O=C(c1cccc(C(F)(F)F)n1)c1c[nH]c2c(Br)cccc12. The number of aromatic amines is 1. The van der Waals surface area contributed by atoms with Crippen LogP contribution in [0.1, 0.15) is 21.7 Å². The van der Waals surface area contributed by atoms with Crippen molar-refractivity contribution >= 4 is 32.6 Å². The zero-order valence-corrected chi connectivity index (χ0v) is 12.5. The van der Waals surface area contributed by atoms with Crippen molar-refractivity contribution in [2.45, 2.75) is 6.18 Å². The van der Waals surface area contributed by atoms with Gasteiger partial charge in [0.15, 0.2) is 0 Å². The fourth-order valence-corrected chi connectivity index (χ4v) is 2.64.